The third-order valence-corrected chi connectivity index (χ3v) is 4.42. The van der Waals surface area contributed by atoms with Crippen LogP contribution in [0.2, 0.25) is 0 Å². The van der Waals surface area contributed by atoms with Gasteiger partial charge in [-0.15, -0.1) is 10.2 Å². The maximum absolute atomic E-state index is 12.2. The van der Waals surface area contributed by atoms with Crippen molar-refractivity contribution in [1.29, 1.82) is 0 Å². The second-order valence-electron chi connectivity index (χ2n) is 6.43. The number of carbonyl (C=O) groups is 1. The van der Waals surface area contributed by atoms with Crippen LogP contribution < -0.4 is 18.9 Å². The van der Waals surface area contributed by atoms with Crippen molar-refractivity contribution < 1.29 is 32.9 Å². The van der Waals surface area contributed by atoms with Gasteiger partial charge in [-0.25, -0.2) is 0 Å². The largest absolute Gasteiger partial charge is 0.493 e. The van der Waals surface area contributed by atoms with Gasteiger partial charge in [0.25, 0.3) is 11.8 Å². The summed E-state index contributed by atoms with van der Waals surface area (Å²) in [4.78, 5) is 12.2. The Morgan fingerprint density at radius 2 is 1.87 bits per heavy atom. The highest BCUT2D eigenvalue weighted by molar-refractivity contribution is 5.72. The second-order valence-corrected chi connectivity index (χ2v) is 6.43. The van der Waals surface area contributed by atoms with E-state index in [9.17, 15) is 4.79 Å². The molecule has 0 bridgehead atoms. The molecule has 0 amide bonds. The molecular formula is C21H20N2O7. The number of carbonyl (C=O) groups excluding carboxylic acids is 1. The van der Waals surface area contributed by atoms with Crippen molar-refractivity contribution in [3.8, 4) is 23.0 Å². The second kappa shape index (κ2) is 8.73. The third kappa shape index (κ3) is 4.29. The molecule has 156 valence electrons. The lowest BCUT2D eigenvalue weighted by molar-refractivity contribution is -0.144. The lowest BCUT2D eigenvalue weighted by Gasteiger charge is -2.23. The zero-order chi connectivity index (χ0) is 20.9. The topological polar surface area (TPSA) is 102 Å². The summed E-state index contributed by atoms with van der Waals surface area (Å²) in [6.07, 6.45) is -0.457. The Morgan fingerprint density at radius 1 is 1.07 bits per heavy atom. The zero-order valence-corrected chi connectivity index (χ0v) is 16.5. The van der Waals surface area contributed by atoms with Crippen LogP contribution >= 0.6 is 0 Å². The molecule has 1 aliphatic rings. The average Bonchev–Trinajstić information content (AvgIpc) is 3.26. The molecule has 0 spiro atoms. The lowest BCUT2D eigenvalue weighted by Crippen LogP contribution is -2.21. The molecule has 1 aromatic heterocycles. The van der Waals surface area contributed by atoms with E-state index in [0.29, 0.717) is 23.0 Å². The third-order valence-electron chi connectivity index (χ3n) is 4.42. The standard InChI is InChI=1S/C21H20N2O7/c1-25-14-8-7-13(9-17(14)26-2)10-20(24)28-12-19-22-23-21(30-19)18-11-27-15-5-3-4-6-16(15)29-18/h3-9,18H,10-12H2,1-2H3/t18-/m1/s1. The van der Waals surface area contributed by atoms with Gasteiger partial charge in [-0.05, 0) is 29.8 Å². The highest BCUT2D eigenvalue weighted by Gasteiger charge is 2.27. The molecule has 9 nitrogen and oxygen atoms in total. The minimum atomic E-state index is -0.524. The summed E-state index contributed by atoms with van der Waals surface area (Å²) in [7, 11) is 3.08. The van der Waals surface area contributed by atoms with Crippen molar-refractivity contribution in [3.05, 3.63) is 59.8 Å². The molecule has 0 fully saturated rings. The summed E-state index contributed by atoms with van der Waals surface area (Å²) in [6, 6.07) is 12.6. The molecule has 9 heteroatoms. The fraction of sp³-hybridized carbons (Fsp3) is 0.286. The average molecular weight is 412 g/mol. The first-order chi connectivity index (χ1) is 14.7. The Morgan fingerprint density at radius 3 is 2.67 bits per heavy atom. The number of benzene rings is 2. The van der Waals surface area contributed by atoms with Crippen LogP contribution in [0.15, 0.2) is 46.9 Å². The van der Waals surface area contributed by atoms with Crippen LogP contribution in [-0.2, 0) is 22.6 Å². The molecular weight excluding hydrogens is 392 g/mol. The van der Waals surface area contributed by atoms with E-state index >= 15 is 0 Å². The Balaban J connectivity index is 1.32. The molecule has 0 N–H and O–H groups in total. The fourth-order valence-corrected chi connectivity index (χ4v) is 2.95. The Bertz CT molecular complexity index is 1030. The number of nitrogens with zero attached hydrogens (tertiary/aromatic N) is 2. The van der Waals surface area contributed by atoms with E-state index in [4.69, 9.17) is 28.1 Å². The van der Waals surface area contributed by atoms with Crippen molar-refractivity contribution in [2.45, 2.75) is 19.1 Å². The first kappa shape index (κ1) is 19.6. The van der Waals surface area contributed by atoms with Crippen LogP contribution in [0.3, 0.4) is 0 Å². The van der Waals surface area contributed by atoms with Gasteiger partial charge in [-0.2, -0.15) is 0 Å². The van der Waals surface area contributed by atoms with E-state index < -0.39 is 12.1 Å². The molecule has 30 heavy (non-hydrogen) atoms. The molecule has 2 heterocycles. The molecule has 0 saturated carbocycles. The molecule has 4 rings (SSSR count). The van der Waals surface area contributed by atoms with Gasteiger partial charge in [0.1, 0.15) is 6.61 Å². The number of fused-ring (bicyclic) bond motifs is 1. The summed E-state index contributed by atoms with van der Waals surface area (Å²) < 4.78 is 32.7. The smallest absolute Gasteiger partial charge is 0.310 e. The SMILES string of the molecule is COc1ccc(CC(=O)OCc2nnc([C@H]3COc4ccccc4O3)o2)cc1OC. The molecule has 0 aliphatic carbocycles. The van der Waals surface area contributed by atoms with Crippen molar-refractivity contribution in [1.82, 2.24) is 10.2 Å². The van der Waals surface area contributed by atoms with Crippen molar-refractivity contribution in [2.75, 3.05) is 20.8 Å². The monoisotopic (exact) mass is 412 g/mol. The van der Waals surface area contributed by atoms with Crippen LogP contribution in [0.4, 0.5) is 0 Å². The minimum Gasteiger partial charge on any atom is -0.493 e. The molecule has 0 radical (unpaired) electrons. The van der Waals surface area contributed by atoms with Crippen LogP contribution in [-0.4, -0.2) is 37.0 Å². The highest BCUT2D eigenvalue weighted by Crippen LogP contribution is 2.35. The summed E-state index contributed by atoms with van der Waals surface area (Å²) in [6.45, 7) is 0.112. The number of esters is 1. The van der Waals surface area contributed by atoms with Gasteiger partial charge in [0, 0.05) is 0 Å². The van der Waals surface area contributed by atoms with Gasteiger partial charge in [0.2, 0.25) is 6.10 Å². The maximum Gasteiger partial charge on any atom is 0.310 e. The minimum absolute atomic E-state index is 0.0672. The van der Waals surface area contributed by atoms with E-state index in [-0.39, 0.29) is 31.4 Å². The van der Waals surface area contributed by atoms with E-state index in [1.54, 1.807) is 31.4 Å². The fourth-order valence-electron chi connectivity index (χ4n) is 2.95. The number of ether oxygens (including phenoxy) is 5. The van der Waals surface area contributed by atoms with E-state index in [0.717, 1.165) is 5.56 Å². The van der Waals surface area contributed by atoms with Gasteiger partial charge in [-0.3, -0.25) is 4.79 Å². The van der Waals surface area contributed by atoms with Gasteiger partial charge in [0.05, 0.1) is 20.6 Å². The number of aromatic nitrogens is 2. The molecule has 3 aromatic rings. The van der Waals surface area contributed by atoms with Gasteiger partial charge in [0.15, 0.2) is 29.6 Å². The summed E-state index contributed by atoms with van der Waals surface area (Å²) in [5.41, 5.74) is 0.732. The zero-order valence-electron chi connectivity index (χ0n) is 16.5. The van der Waals surface area contributed by atoms with Crippen LogP contribution in [0.25, 0.3) is 0 Å². The summed E-state index contributed by atoms with van der Waals surface area (Å²) in [5.74, 6) is 2.40. The maximum atomic E-state index is 12.2. The molecule has 0 saturated heterocycles. The molecule has 2 aromatic carbocycles. The Hall–Kier alpha value is -3.75. The predicted molar refractivity (Wildman–Crippen MR) is 103 cm³/mol. The van der Waals surface area contributed by atoms with Crippen molar-refractivity contribution in [2.24, 2.45) is 0 Å². The number of hydrogen-bond donors (Lipinski definition) is 0. The number of para-hydroxylation sites is 2. The van der Waals surface area contributed by atoms with E-state index in [2.05, 4.69) is 10.2 Å². The first-order valence-corrected chi connectivity index (χ1v) is 9.23. The van der Waals surface area contributed by atoms with Crippen LogP contribution in [0, 0.1) is 0 Å². The number of hydrogen-bond acceptors (Lipinski definition) is 9. The van der Waals surface area contributed by atoms with Gasteiger partial charge in [-0.1, -0.05) is 18.2 Å². The normalized spacial score (nSPS) is 14.8. The van der Waals surface area contributed by atoms with Crippen LogP contribution in [0.5, 0.6) is 23.0 Å². The van der Waals surface area contributed by atoms with Crippen molar-refractivity contribution in [3.63, 3.8) is 0 Å². The molecule has 1 aliphatic heterocycles. The van der Waals surface area contributed by atoms with E-state index in [1.165, 1.54) is 7.11 Å². The van der Waals surface area contributed by atoms with E-state index in [1.807, 2.05) is 18.2 Å². The highest BCUT2D eigenvalue weighted by atomic mass is 16.6. The molecule has 1 atom stereocenters. The molecule has 0 unspecified atom stereocenters. The lowest BCUT2D eigenvalue weighted by atomic mass is 10.1. The van der Waals surface area contributed by atoms with Gasteiger partial charge < -0.3 is 28.1 Å². The number of rotatable bonds is 7. The predicted octanol–water partition coefficient (Wildman–Crippen LogP) is 2.89. The quantitative estimate of drug-likeness (QED) is 0.542. The Labute approximate surface area is 172 Å². The Kier molecular flexibility index (Phi) is 5.69. The number of methoxy groups -OCH3 is 2. The summed E-state index contributed by atoms with van der Waals surface area (Å²) in [5, 5.41) is 7.88. The van der Waals surface area contributed by atoms with Crippen molar-refractivity contribution >= 4 is 5.97 Å². The summed E-state index contributed by atoms with van der Waals surface area (Å²) >= 11 is 0. The first-order valence-electron chi connectivity index (χ1n) is 9.23. The van der Waals surface area contributed by atoms with Crippen LogP contribution in [0.1, 0.15) is 23.4 Å². The van der Waals surface area contributed by atoms with Gasteiger partial charge >= 0.3 is 5.97 Å².